The van der Waals surface area contributed by atoms with E-state index in [2.05, 4.69) is 15.5 Å². The number of hydrogen-bond donors (Lipinski definition) is 2. The van der Waals surface area contributed by atoms with Gasteiger partial charge in [-0.3, -0.25) is 19.3 Å². The SMILES string of the molecule is CSCCC(NC(=O)C1N2C(=O)c3ccccc3C2SC1(C)C)C(=O)NCCCN1CCOCC1. The maximum absolute atomic E-state index is 13.6. The molecule has 1 aromatic rings. The van der Waals surface area contributed by atoms with Crippen molar-refractivity contribution in [1.82, 2.24) is 20.4 Å². The zero-order chi connectivity index (χ0) is 25.0. The average molecular weight is 521 g/mol. The van der Waals surface area contributed by atoms with E-state index in [-0.39, 0.29) is 23.1 Å². The van der Waals surface area contributed by atoms with Gasteiger partial charge in [0.05, 0.1) is 13.2 Å². The molecule has 0 saturated carbocycles. The average Bonchev–Trinajstić information content (AvgIpc) is 3.28. The van der Waals surface area contributed by atoms with Gasteiger partial charge in [-0.05, 0) is 56.9 Å². The van der Waals surface area contributed by atoms with Crippen molar-refractivity contribution in [2.45, 2.75) is 48.9 Å². The molecule has 0 spiro atoms. The molecule has 3 heterocycles. The van der Waals surface area contributed by atoms with Gasteiger partial charge in [0.25, 0.3) is 5.91 Å². The fraction of sp³-hybridized carbons (Fsp3) is 0.640. The molecule has 3 aliphatic rings. The number of thioether (sulfide) groups is 2. The molecule has 3 unspecified atom stereocenters. The minimum atomic E-state index is -0.650. The van der Waals surface area contributed by atoms with Crippen molar-refractivity contribution in [3.05, 3.63) is 35.4 Å². The Bertz CT molecular complexity index is 938. The van der Waals surface area contributed by atoms with E-state index in [0.717, 1.165) is 50.6 Å². The van der Waals surface area contributed by atoms with Gasteiger partial charge in [0.2, 0.25) is 11.8 Å². The number of fused-ring (bicyclic) bond motifs is 3. The quantitative estimate of drug-likeness (QED) is 0.457. The first-order chi connectivity index (χ1) is 16.8. The highest BCUT2D eigenvalue weighted by atomic mass is 32.2. The number of benzene rings is 1. The summed E-state index contributed by atoms with van der Waals surface area (Å²) in [6.45, 7) is 8.85. The summed E-state index contributed by atoms with van der Waals surface area (Å²) in [5, 5.41) is 5.83. The zero-order valence-electron chi connectivity index (χ0n) is 20.7. The Balaban J connectivity index is 1.38. The maximum Gasteiger partial charge on any atom is 0.256 e. The molecule has 10 heteroatoms. The number of ether oxygens (including phenoxy) is 1. The molecule has 1 aromatic carbocycles. The molecule has 3 amide bonds. The summed E-state index contributed by atoms with van der Waals surface area (Å²) in [6.07, 6.45) is 3.38. The van der Waals surface area contributed by atoms with E-state index in [1.54, 1.807) is 28.4 Å². The van der Waals surface area contributed by atoms with Crippen LogP contribution in [0.15, 0.2) is 24.3 Å². The first kappa shape index (κ1) is 26.3. The smallest absolute Gasteiger partial charge is 0.256 e. The normalized spacial score (nSPS) is 24.1. The third-order valence-corrected chi connectivity index (χ3v) is 9.02. The molecular weight excluding hydrogens is 484 g/mol. The summed E-state index contributed by atoms with van der Waals surface area (Å²) >= 11 is 3.27. The van der Waals surface area contributed by atoms with Gasteiger partial charge in [-0.25, -0.2) is 0 Å². The third kappa shape index (κ3) is 5.81. The Morgan fingerprint density at radius 3 is 2.74 bits per heavy atom. The van der Waals surface area contributed by atoms with Crippen molar-refractivity contribution >= 4 is 41.2 Å². The lowest BCUT2D eigenvalue weighted by Gasteiger charge is -2.31. The van der Waals surface area contributed by atoms with Crippen molar-refractivity contribution < 1.29 is 19.1 Å². The van der Waals surface area contributed by atoms with Crippen molar-refractivity contribution in [2.24, 2.45) is 0 Å². The standard InChI is InChI=1S/C25H36N4O4S2/c1-25(2)20(29-23(32)17-7-4-5-8-18(17)24(29)35-25)22(31)27-19(9-16-34-3)21(30)26-10-6-11-28-12-14-33-15-13-28/h4-5,7-8,19-20,24H,6,9-16H2,1-3H3,(H,26,30)(H,27,31). The van der Waals surface area contributed by atoms with E-state index in [9.17, 15) is 14.4 Å². The van der Waals surface area contributed by atoms with Crippen LogP contribution in [0.5, 0.6) is 0 Å². The van der Waals surface area contributed by atoms with E-state index < -0.39 is 16.8 Å². The fourth-order valence-electron chi connectivity index (χ4n) is 5.02. The number of amides is 3. The molecular formula is C25H36N4O4S2. The molecule has 3 atom stereocenters. The van der Waals surface area contributed by atoms with Crippen LogP contribution in [-0.2, 0) is 14.3 Å². The number of rotatable bonds is 10. The Morgan fingerprint density at radius 1 is 1.26 bits per heavy atom. The molecule has 8 nitrogen and oxygen atoms in total. The van der Waals surface area contributed by atoms with Crippen molar-refractivity contribution in [3.8, 4) is 0 Å². The Hall–Kier alpha value is -1.75. The van der Waals surface area contributed by atoms with E-state index in [0.29, 0.717) is 18.5 Å². The van der Waals surface area contributed by atoms with Crippen LogP contribution in [0.4, 0.5) is 0 Å². The maximum atomic E-state index is 13.6. The lowest BCUT2D eigenvalue weighted by molar-refractivity contribution is -0.131. The Labute approximate surface area is 216 Å². The second-order valence-corrected chi connectivity index (χ2v) is 12.4. The van der Waals surface area contributed by atoms with E-state index in [4.69, 9.17) is 4.74 Å². The number of nitrogens with one attached hydrogen (secondary N) is 2. The van der Waals surface area contributed by atoms with Crippen LogP contribution in [0.25, 0.3) is 0 Å². The van der Waals surface area contributed by atoms with Gasteiger partial charge in [0.1, 0.15) is 17.5 Å². The summed E-state index contributed by atoms with van der Waals surface area (Å²) in [5.74, 6) is 0.217. The highest BCUT2D eigenvalue weighted by molar-refractivity contribution is 8.01. The summed E-state index contributed by atoms with van der Waals surface area (Å²) < 4.78 is 4.90. The predicted molar refractivity (Wildman–Crippen MR) is 141 cm³/mol. The van der Waals surface area contributed by atoms with E-state index >= 15 is 0 Å². The molecule has 0 radical (unpaired) electrons. The third-order valence-electron chi connectivity index (χ3n) is 6.84. The second kappa shape index (κ2) is 11.5. The Morgan fingerprint density at radius 2 is 2.00 bits per heavy atom. The van der Waals surface area contributed by atoms with Gasteiger partial charge >= 0.3 is 0 Å². The molecule has 0 aromatic heterocycles. The van der Waals surface area contributed by atoms with Crippen LogP contribution in [-0.4, -0.2) is 95.8 Å². The van der Waals surface area contributed by atoms with Crippen molar-refractivity contribution in [2.75, 3.05) is 51.4 Å². The molecule has 2 fully saturated rings. The summed E-state index contributed by atoms with van der Waals surface area (Å²) in [4.78, 5) is 43.9. The molecule has 4 rings (SSSR count). The lowest BCUT2D eigenvalue weighted by Crippen LogP contribution is -2.57. The first-order valence-electron chi connectivity index (χ1n) is 12.3. The zero-order valence-corrected chi connectivity index (χ0v) is 22.4. The van der Waals surface area contributed by atoms with E-state index in [1.165, 1.54) is 0 Å². The topological polar surface area (TPSA) is 91.0 Å². The summed E-state index contributed by atoms with van der Waals surface area (Å²) in [5.41, 5.74) is 1.62. The Kier molecular flexibility index (Phi) is 8.67. The van der Waals surface area contributed by atoms with Crippen LogP contribution in [0.1, 0.15) is 48.0 Å². The second-order valence-electron chi connectivity index (χ2n) is 9.72. The largest absolute Gasteiger partial charge is 0.379 e. The monoisotopic (exact) mass is 520 g/mol. The molecule has 3 aliphatic heterocycles. The molecule has 2 saturated heterocycles. The lowest BCUT2D eigenvalue weighted by atomic mass is 10.00. The number of morpholine rings is 1. The highest BCUT2D eigenvalue weighted by Gasteiger charge is 2.57. The van der Waals surface area contributed by atoms with Crippen LogP contribution < -0.4 is 10.6 Å². The molecule has 2 N–H and O–H groups in total. The minimum Gasteiger partial charge on any atom is -0.379 e. The molecule has 0 bridgehead atoms. The van der Waals surface area contributed by atoms with Crippen LogP contribution in [0, 0.1) is 0 Å². The van der Waals surface area contributed by atoms with Gasteiger partial charge in [-0.15, -0.1) is 11.8 Å². The minimum absolute atomic E-state index is 0.114. The number of carbonyl (C=O) groups excluding carboxylic acids is 3. The van der Waals surface area contributed by atoms with Gasteiger partial charge in [0.15, 0.2) is 0 Å². The van der Waals surface area contributed by atoms with Crippen molar-refractivity contribution in [1.29, 1.82) is 0 Å². The predicted octanol–water partition coefficient (Wildman–Crippen LogP) is 2.11. The van der Waals surface area contributed by atoms with Crippen LogP contribution >= 0.6 is 23.5 Å². The number of nitrogens with zero attached hydrogens (tertiary/aromatic N) is 2. The molecule has 0 aliphatic carbocycles. The van der Waals surface area contributed by atoms with Gasteiger partial charge in [-0.2, -0.15) is 11.8 Å². The van der Waals surface area contributed by atoms with Crippen molar-refractivity contribution in [3.63, 3.8) is 0 Å². The number of carbonyl (C=O) groups is 3. The number of hydrogen-bond acceptors (Lipinski definition) is 7. The van der Waals surface area contributed by atoms with Gasteiger partial charge in [-0.1, -0.05) is 18.2 Å². The van der Waals surface area contributed by atoms with Gasteiger partial charge < -0.3 is 20.3 Å². The fourth-order valence-corrected chi connectivity index (χ4v) is 7.08. The molecule has 35 heavy (non-hydrogen) atoms. The van der Waals surface area contributed by atoms with E-state index in [1.807, 2.05) is 44.4 Å². The van der Waals surface area contributed by atoms with Gasteiger partial charge in [0, 0.05) is 29.9 Å². The summed E-state index contributed by atoms with van der Waals surface area (Å²) in [6, 6.07) is 6.29. The highest BCUT2D eigenvalue weighted by Crippen LogP contribution is 2.56. The first-order valence-corrected chi connectivity index (χ1v) is 14.6. The van der Waals surface area contributed by atoms with Crippen LogP contribution in [0.2, 0.25) is 0 Å². The summed E-state index contributed by atoms with van der Waals surface area (Å²) in [7, 11) is 0. The molecule has 192 valence electrons. The van der Waals surface area contributed by atoms with Crippen LogP contribution in [0.3, 0.4) is 0 Å².